The normalized spacial score (nSPS) is 22.5. The van der Waals surface area contributed by atoms with Crippen molar-refractivity contribution in [2.24, 2.45) is 0 Å². The van der Waals surface area contributed by atoms with Crippen molar-refractivity contribution in [1.82, 2.24) is 14.8 Å². The number of likely N-dealkylation sites (tertiary alicyclic amines) is 1. The summed E-state index contributed by atoms with van der Waals surface area (Å²) in [5, 5.41) is 2.52. The molecular formula is C19H18F2N4O2. The Bertz CT molecular complexity index is 986. The van der Waals surface area contributed by atoms with Crippen LogP contribution < -0.4 is 5.32 Å². The van der Waals surface area contributed by atoms with Crippen molar-refractivity contribution in [3.63, 3.8) is 0 Å². The van der Waals surface area contributed by atoms with Crippen molar-refractivity contribution in [3.8, 4) is 0 Å². The van der Waals surface area contributed by atoms with E-state index in [1.807, 2.05) is 6.07 Å². The van der Waals surface area contributed by atoms with Gasteiger partial charge in [-0.05, 0) is 35.7 Å². The Morgan fingerprint density at radius 3 is 3.00 bits per heavy atom. The lowest BCUT2D eigenvalue weighted by Gasteiger charge is -2.33. The van der Waals surface area contributed by atoms with Crippen LogP contribution in [0.25, 0.3) is 0 Å². The predicted octanol–water partition coefficient (Wildman–Crippen LogP) is 3.02. The zero-order chi connectivity index (χ0) is 18.7. The summed E-state index contributed by atoms with van der Waals surface area (Å²) in [4.78, 5) is 32.2. The molecule has 1 aromatic carbocycles. The number of nitrogens with zero attached hydrogens (tertiary/aromatic N) is 3. The minimum Gasteiger partial charge on any atom is -0.333 e. The van der Waals surface area contributed by atoms with Gasteiger partial charge in [0.25, 0.3) is 0 Å². The largest absolute Gasteiger partial charge is 0.333 e. The van der Waals surface area contributed by atoms with Crippen LogP contribution in [0.2, 0.25) is 0 Å². The Morgan fingerprint density at radius 2 is 2.15 bits per heavy atom. The zero-order valence-corrected chi connectivity index (χ0v) is 14.3. The lowest BCUT2D eigenvalue weighted by atomic mass is 10.0. The van der Waals surface area contributed by atoms with Gasteiger partial charge in [0, 0.05) is 31.8 Å². The first-order chi connectivity index (χ1) is 13.0. The smallest absolute Gasteiger partial charge is 0.322 e. The summed E-state index contributed by atoms with van der Waals surface area (Å²) in [5.74, 6) is -1.88. The summed E-state index contributed by atoms with van der Waals surface area (Å²) in [6.45, 7) is 0.284. The number of anilines is 1. The number of carbonyl (C=O) groups is 2. The number of pyridine rings is 1. The van der Waals surface area contributed by atoms with Crippen LogP contribution in [-0.4, -0.2) is 39.8 Å². The third-order valence-electron chi connectivity index (χ3n) is 5.71. The molecular weight excluding hydrogens is 354 g/mol. The summed E-state index contributed by atoms with van der Waals surface area (Å²) >= 11 is 0. The van der Waals surface area contributed by atoms with Crippen molar-refractivity contribution in [1.29, 1.82) is 0 Å². The molecule has 0 radical (unpaired) electrons. The second-order valence-corrected chi connectivity index (χ2v) is 7.17. The zero-order valence-electron chi connectivity index (χ0n) is 14.3. The van der Waals surface area contributed by atoms with Gasteiger partial charge in [-0.2, -0.15) is 0 Å². The number of hydrogen-bond acceptors (Lipinski definition) is 3. The molecule has 1 fully saturated rings. The van der Waals surface area contributed by atoms with Crippen LogP contribution in [0.4, 0.5) is 19.3 Å². The molecule has 1 aliphatic carbocycles. The van der Waals surface area contributed by atoms with Crippen molar-refractivity contribution in [2.45, 2.75) is 24.9 Å². The molecule has 3 amide bonds. The van der Waals surface area contributed by atoms with Gasteiger partial charge in [0.15, 0.2) is 11.6 Å². The van der Waals surface area contributed by atoms with E-state index < -0.39 is 17.7 Å². The van der Waals surface area contributed by atoms with E-state index in [0.29, 0.717) is 12.5 Å². The Labute approximate surface area is 155 Å². The number of carbonyl (C=O) groups excluding carboxylic acids is 2. The van der Waals surface area contributed by atoms with Crippen LogP contribution in [0, 0.1) is 11.6 Å². The summed E-state index contributed by atoms with van der Waals surface area (Å²) in [5.41, 5.74) is 2.59. The second-order valence-electron chi connectivity index (χ2n) is 7.17. The van der Waals surface area contributed by atoms with Crippen LogP contribution in [0.3, 0.4) is 0 Å². The monoisotopic (exact) mass is 372 g/mol. The van der Waals surface area contributed by atoms with Gasteiger partial charge in [-0.25, -0.2) is 13.6 Å². The molecule has 1 saturated heterocycles. The Kier molecular flexibility index (Phi) is 3.43. The summed E-state index contributed by atoms with van der Waals surface area (Å²) in [7, 11) is 0. The first kappa shape index (κ1) is 16.2. The second kappa shape index (κ2) is 5.73. The highest BCUT2D eigenvalue weighted by Gasteiger charge is 2.45. The van der Waals surface area contributed by atoms with Crippen LogP contribution in [0.1, 0.15) is 36.5 Å². The van der Waals surface area contributed by atoms with Gasteiger partial charge in [-0.15, -0.1) is 0 Å². The third-order valence-corrected chi connectivity index (χ3v) is 5.71. The van der Waals surface area contributed by atoms with E-state index in [-0.39, 0.29) is 37.7 Å². The lowest BCUT2D eigenvalue weighted by Crippen LogP contribution is -2.46. The molecule has 0 spiro atoms. The molecule has 3 aliphatic rings. The molecule has 0 saturated carbocycles. The molecule has 2 aromatic rings. The molecule has 1 aromatic heterocycles. The maximum absolute atomic E-state index is 14.1. The molecule has 2 atom stereocenters. The van der Waals surface area contributed by atoms with E-state index in [1.54, 1.807) is 17.3 Å². The van der Waals surface area contributed by atoms with Gasteiger partial charge in [0.2, 0.25) is 5.91 Å². The lowest BCUT2D eigenvalue weighted by molar-refractivity contribution is -0.133. The van der Waals surface area contributed by atoms with Gasteiger partial charge < -0.3 is 15.1 Å². The average molecular weight is 372 g/mol. The van der Waals surface area contributed by atoms with Crippen molar-refractivity contribution in [2.75, 3.05) is 18.4 Å². The summed E-state index contributed by atoms with van der Waals surface area (Å²) < 4.78 is 27.5. The number of hydrogen-bond donors (Lipinski definition) is 1. The molecule has 1 N–H and O–H groups in total. The highest BCUT2D eigenvalue weighted by molar-refractivity contribution is 5.95. The average Bonchev–Trinajstić information content (AvgIpc) is 3.26. The summed E-state index contributed by atoms with van der Waals surface area (Å²) in [6, 6.07) is 3.78. The Balaban J connectivity index is 0.00000192. The maximum Gasteiger partial charge on any atom is 0.322 e. The van der Waals surface area contributed by atoms with Gasteiger partial charge in [0.05, 0.1) is 18.3 Å². The minimum absolute atomic E-state index is 0. The third kappa shape index (κ3) is 2.39. The molecule has 5 rings (SSSR count). The van der Waals surface area contributed by atoms with Gasteiger partial charge in [-0.1, -0.05) is 0 Å². The number of halogens is 2. The molecule has 6 nitrogen and oxygen atoms in total. The minimum atomic E-state index is -0.995. The first-order valence-electron chi connectivity index (χ1n) is 8.79. The number of fused-ring (bicyclic) bond motifs is 6. The standard InChI is InChI=1S/C19H16F2N4O2.H2/c20-14-1-2-15-13(18(14)21)8-24(19(27)23-15)9-17(26)25-7-10-5-16(25)12-6-22-4-3-11(10)12;/h1-4,6,10,16H,5,7-9H2,(H,23,27);1H/t10?,16-;/m1./s1. The number of amides is 3. The molecule has 27 heavy (non-hydrogen) atoms. The fourth-order valence-corrected chi connectivity index (χ4v) is 4.40. The predicted molar refractivity (Wildman–Crippen MR) is 93.9 cm³/mol. The molecule has 3 heterocycles. The molecule has 2 bridgehead atoms. The van der Waals surface area contributed by atoms with Crippen LogP contribution in [0.15, 0.2) is 30.6 Å². The number of urea groups is 1. The molecule has 1 unspecified atom stereocenters. The fraction of sp³-hybridized carbons (Fsp3) is 0.316. The first-order valence-corrected chi connectivity index (χ1v) is 8.79. The number of rotatable bonds is 2. The van der Waals surface area contributed by atoms with E-state index >= 15 is 0 Å². The van der Waals surface area contributed by atoms with Gasteiger partial charge in [-0.3, -0.25) is 9.78 Å². The Hall–Kier alpha value is -3.03. The van der Waals surface area contributed by atoms with Crippen LogP contribution in [0.5, 0.6) is 0 Å². The summed E-state index contributed by atoms with van der Waals surface area (Å²) in [6.07, 6.45) is 4.41. The maximum atomic E-state index is 14.1. The van der Waals surface area contributed by atoms with Gasteiger partial charge in [0.1, 0.15) is 6.54 Å². The molecule has 140 valence electrons. The number of benzene rings is 1. The number of nitrogens with one attached hydrogen (secondary N) is 1. The fourth-order valence-electron chi connectivity index (χ4n) is 4.40. The van der Waals surface area contributed by atoms with Crippen molar-refractivity contribution in [3.05, 3.63) is 58.9 Å². The van der Waals surface area contributed by atoms with E-state index in [2.05, 4.69) is 10.3 Å². The number of aromatic nitrogens is 1. The van der Waals surface area contributed by atoms with E-state index in [4.69, 9.17) is 0 Å². The highest BCUT2D eigenvalue weighted by Crippen LogP contribution is 2.49. The SMILES string of the molecule is O=C1Nc2ccc(F)c(F)c2CN1CC(=O)N1CC2C[C@@H]1c1cnccc12.[HH]. The van der Waals surface area contributed by atoms with Crippen LogP contribution >= 0.6 is 0 Å². The van der Waals surface area contributed by atoms with Gasteiger partial charge >= 0.3 is 6.03 Å². The topological polar surface area (TPSA) is 65.5 Å². The molecule has 8 heteroatoms. The molecule has 2 aliphatic heterocycles. The van der Waals surface area contributed by atoms with Crippen LogP contribution in [-0.2, 0) is 11.3 Å². The highest BCUT2D eigenvalue weighted by atomic mass is 19.2. The van der Waals surface area contributed by atoms with Crippen molar-refractivity contribution < 1.29 is 19.8 Å². The van der Waals surface area contributed by atoms with Crippen molar-refractivity contribution >= 4 is 17.6 Å². The van der Waals surface area contributed by atoms with E-state index in [9.17, 15) is 18.4 Å². The Morgan fingerprint density at radius 1 is 1.30 bits per heavy atom. The quantitative estimate of drug-likeness (QED) is 0.881. The van der Waals surface area contributed by atoms with E-state index in [1.165, 1.54) is 16.5 Å². The van der Waals surface area contributed by atoms with E-state index in [0.717, 1.165) is 18.1 Å².